The van der Waals surface area contributed by atoms with Crippen molar-refractivity contribution in [1.82, 2.24) is 0 Å². The predicted molar refractivity (Wildman–Crippen MR) is 75.9 cm³/mol. The fourth-order valence-corrected chi connectivity index (χ4v) is 2.72. The molecule has 1 heterocycles. The van der Waals surface area contributed by atoms with Crippen LogP contribution in [0.15, 0.2) is 48.5 Å². The van der Waals surface area contributed by atoms with Crippen molar-refractivity contribution >= 4 is 11.7 Å². The average molecular weight is 269 g/mol. The number of aliphatic carboxylic acids is 1. The van der Waals surface area contributed by atoms with Crippen molar-refractivity contribution < 1.29 is 15.0 Å². The number of phenolic OH excluding ortho intramolecular Hbond substituents is 1. The second-order valence-electron chi connectivity index (χ2n) is 5.01. The number of carboxylic acid groups (broad SMARTS) is 1. The van der Waals surface area contributed by atoms with Crippen molar-refractivity contribution in [3.8, 4) is 5.75 Å². The number of nitrogens with one attached hydrogen (secondary N) is 1. The maximum atomic E-state index is 11.5. The van der Waals surface area contributed by atoms with Gasteiger partial charge in [0.25, 0.3) is 0 Å². The fourth-order valence-electron chi connectivity index (χ4n) is 2.72. The van der Waals surface area contributed by atoms with Gasteiger partial charge in [0.05, 0.1) is 12.0 Å². The molecule has 1 aliphatic heterocycles. The van der Waals surface area contributed by atoms with Gasteiger partial charge in [-0.15, -0.1) is 0 Å². The molecule has 4 nitrogen and oxygen atoms in total. The van der Waals surface area contributed by atoms with Gasteiger partial charge in [0.2, 0.25) is 0 Å². The molecule has 3 N–H and O–H groups in total. The van der Waals surface area contributed by atoms with E-state index in [1.54, 1.807) is 12.1 Å². The van der Waals surface area contributed by atoms with Crippen LogP contribution in [0.25, 0.3) is 0 Å². The number of hydrogen-bond donors (Lipinski definition) is 3. The number of carbonyl (C=O) groups is 1. The minimum absolute atomic E-state index is 0.0330. The summed E-state index contributed by atoms with van der Waals surface area (Å²) in [6, 6.07) is 14.6. The van der Waals surface area contributed by atoms with Crippen LogP contribution in [0.1, 0.15) is 29.5 Å². The second kappa shape index (κ2) is 4.89. The molecule has 3 rings (SSSR count). The standard InChI is InChI=1S/C16H15NO3/c18-11-6-7-14-12(8-11)13(16(19)20)9-15(17-14)10-4-2-1-3-5-10/h1-8,13,15,17-18H,9H2,(H,19,20). The zero-order chi connectivity index (χ0) is 14.1. The van der Waals surface area contributed by atoms with Crippen LogP contribution in [-0.2, 0) is 4.79 Å². The van der Waals surface area contributed by atoms with Crippen LogP contribution >= 0.6 is 0 Å². The summed E-state index contributed by atoms with van der Waals surface area (Å²) in [6.45, 7) is 0. The largest absolute Gasteiger partial charge is 0.508 e. The highest BCUT2D eigenvalue weighted by Crippen LogP contribution is 2.41. The molecule has 2 unspecified atom stereocenters. The minimum Gasteiger partial charge on any atom is -0.508 e. The Hall–Kier alpha value is -2.49. The van der Waals surface area contributed by atoms with Crippen LogP contribution in [0.3, 0.4) is 0 Å². The normalized spacial score (nSPS) is 20.8. The first-order valence-electron chi connectivity index (χ1n) is 6.52. The first-order chi connectivity index (χ1) is 9.65. The summed E-state index contributed by atoms with van der Waals surface area (Å²) >= 11 is 0. The Bertz CT molecular complexity index is 639. The van der Waals surface area contributed by atoms with E-state index in [0.717, 1.165) is 11.3 Å². The third-order valence-electron chi connectivity index (χ3n) is 3.71. The Labute approximate surface area is 116 Å². The summed E-state index contributed by atoms with van der Waals surface area (Å²) in [5.74, 6) is -1.38. The van der Waals surface area contributed by atoms with Crippen LogP contribution in [0.4, 0.5) is 5.69 Å². The van der Waals surface area contributed by atoms with Crippen molar-refractivity contribution in [2.75, 3.05) is 5.32 Å². The van der Waals surface area contributed by atoms with Gasteiger partial charge in [0.1, 0.15) is 5.75 Å². The summed E-state index contributed by atoms with van der Waals surface area (Å²) in [7, 11) is 0. The van der Waals surface area contributed by atoms with Crippen molar-refractivity contribution in [2.45, 2.75) is 18.4 Å². The molecule has 0 aromatic heterocycles. The van der Waals surface area contributed by atoms with E-state index in [4.69, 9.17) is 0 Å². The topological polar surface area (TPSA) is 69.6 Å². The quantitative estimate of drug-likeness (QED) is 0.733. The number of phenols is 1. The summed E-state index contributed by atoms with van der Waals surface area (Å²) in [5.41, 5.74) is 2.48. The molecule has 4 heteroatoms. The molecular weight excluding hydrogens is 254 g/mol. The first-order valence-corrected chi connectivity index (χ1v) is 6.52. The molecule has 0 bridgehead atoms. The lowest BCUT2D eigenvalue weighted by Gasteiger charge is -2.31. The maximum absolute atomic E-state index is 11.5. The van der Waals surface area contributed by atoms with E-state index in [1.165, 1.54) is 6.07 Å². The van der Waals surface area contributed by atoms with E-state index in [-0.39, 0.29) is 11.8 Å². The average Bonchev–Trinajstić information content (AvgIpc) is 2.47. The number of anilines is 1. The molecule has 1 aliphatic rings. The number of hydrogen-bond acceptors (Lipinski definition) is 3. The van der Waals surface area contributed by atoms with Gasteiger partial charge in [-0.25, -0.2) is 0 Å². The summed E-state index contributed by atoms with van der Waals surface area (Å²) in [4.78, 5) is 11.5. The molecule has 0 aliphatic carbocycles. The minimum atomic E-state index is -0.862. The maximum Gasteiger partial charge on any atom is 0.311 e. The molecule has 0 saturated carbocycles. The Morgan fingerprint density at radius 2 is 1.90 bits per heavy atom. The number of carboxylic acids is 1. The highest BCUT2D eigenvalue weighted by atomic mass is 16.4. The lowest BCUT2D eigenvalue weighted by Crippen LogP contribution is -2.26. The highest BCUT2D eigenvalue weighted by molar-refractivity contribution is 5.80. The van der Waals surface area contributed by atoms with E-state index < -0.39 is 11.9 Å². The Morgan fingerprint density at radius 1 is 1.15 bits per heavy atom. The Morgan fingerprint density at radius 3 is 2.60 bits per heavy atom. The van der Waals surface area contributed by atoms with Gasteiger partial charge in [0, 0.05) is 5.69 Å². The number of fused-ring (bicyclic) bond motifs is 1. The van der Waals surface area contributed by atoms with Crippen LogP contribution in [-0.4, -0.2) is 16.2 Å². The van der Waals surface area contributed by atoms with Gasteiger partial charge in [-0.1, -0.05) is 30.3 Å². The fraction of sp³-hybridized carbons (Fsp3) is 0.188. The van der Waals surface area contributed by atoms with Gasteiger partial charge >= 0.3 is 5.97 Å². The van der Waals surface area contributed by atoms with E-state index in [1.807, 2.05) is 30.3 Å². The Kier molecular flexibility index (Phi) is 3.06. The predicted octanol–water partition coefficient (Wildman–Crippen LogP) is 3.12. The van der Waals surface area contributed by atoms with Crippen molar-refractivity contribution in [3.63, 3.8) is 0 Å². The van der Waals surface area contributed by atoms with Gasteiger partial charge in [-0.3, -0.25) is 4.79 Å². The van der Waals surface area contributed by atoms with Crippen LogP contribution in [0.2, 0.25) is 0 Å². The molecule has 0 amide bonds. The van der Waals surface area contributed by atoms with Gasteiger partial charge in [-0.05, 0) is 35.7 Å². The van der Waals surface area contributed by atoms with Crippen molar-refractivity contribution in [1.29, 1.82) is 0 Å². The first kappa shape index (κ1) is 12.5. The molecule has 0 spiro atoms. The smallest absolute Gasteiger partial charge is 0.311 e. The van der Waals surface area contributed by atoms with Gasteiger partial charge in [-0.2, -0.15) is 0 Å². The lowest BCUT2D eigenvalue weighted by atomic mass is 9.84. The van der Waals surface area contributed by atoms with Crippen LogP contribution in [0, 0.1) is 0 Å². The van der Waals surface area contributed by atoms with Crippen molar-refractivity contribution in [3.05, 3.63) is 59.7 Å². The third kappa shape index (κ3) is 2.20. The molecule has 102 valence electrons. The molecule has 0 saturated heterocycles. The monoisotopic (exact) mass is 269 g/mol. The van der Waals surface area contributed by atoms with Crippen LogP contribution in [0.5, 0.6) is 5.75 Å². The molecule has 20 heavy (non-hydrogen) atoms. The zero-order valence-corrected chi connectivity index (χ0v) is 10.8. The summed E-state index contributed by atoms with van der Waals surface area (Å²) in [6.07, 6.45) is 0.468. The second-order valence-corrected chi connectivity index (χ2v) is 5.01. The molecule has 0 fully saturated rings. The third-order valence-corrected chi connectivity index (χ3v) is 3.71. The molecule has 2 atom stereocenters. The van der Waals surface area contributed by atoms with E-state index >= 15 is 0 Å². The molecule has 0 radical (unpaired) electrons. The molecule has 2 aromatic rings. The molecule has 2 aromatic carbocycles. The van der Waals surface area contributed by atoms with E-state index in [9.17, 15) is 15.0 Å². The van der Waals surface area contributed by atoms with Crippen LogP contribution < -0.4 is 5.32 Å². The number of benzene rings is 2. The Balaban J connectivity index is 2.01. The van der Waals surface area contributed by atoms with Gasteiger partial charge in [0.15, 0.2) is 0 Å². The van der Waals surface area contributed by atoms with E-state index in [2.05, 4.69) is 5.32 Å². The number of aromatic hydroxyl groups is 1. The zero-order valence-electron chi connectivity index (χ0n) is 10.8. The summed E-state index contributed by atoms with van der Waals surface area (Å²) in [5, 5.41) is 22.3. The number of rotatable bonds is 2. The summed E-state index contributed by atoms with van der Waals surface area (Å²) < 4.78 is 0. The SMILES string of the molecule is O=C(O)C1CC(c2ccccc2)Nc2ccc(O)cc21. The molecular formula is C16H15NO3. The van der Waals surface area contributed by atoms with E-state index in [0.29, 0.717) is 12.0 Å². The highest BCUT2D eigenvalue weighted by Gasteiger charge is 2.32. The van der Waals surface area contributed by atoms with Gasteiger partial charge < -0.3 is 15.5 Å². The van der Waals surface area contributed by atoms with Crippen molar-refractivity contribution in [2.24, 2.45) is 0 Å². The lowest BCUT2D eigenvalue weighted by molar-refractivity contribution is -0.139.